The number of rotatable bonds is 5. The van der Waals surface area contributed by atoms with E-state index in [9.17, 15) is 28.1 Å². The molecule has 2 aromatic carbocycles. The minimum Gasteiger partial charge on any atom is -0.316 e. The lowest BCUT2D eigenvalue weighted by Gasteiger charge is -2.09. The van der Waals surface area contributed by atoms with Crippen LogP contribution in [0.1, 0.15) is 16.1 Å². The first-order valence-corrected chi connectivity index (χ1v) is 9.98. The van der Waals surface area contributed by atoms with Gasteiger partial charge in [0, 0.05) is 11.6 Å². The van der Waals surface area contributed by atoms with Crippen molar-refractivity contribution in [2.24, 2.45) is 0 Å². The third-order valence-corrected chi connectivity index (χ3v) is 5.39. The molecule has 0 radical (unpaired) electrons. The van der Waals surface area contributed by atoms with Crippen LogP contribution in [0, 0.1) is 10.1 Å². The third kappa shape index (κ3) is 4.23. The lowest BCUT2D eigenvalue weighted by atomic mass is 10.1. The molecule has 7 nitrogen and oxygen atoms in total. The number of thiophene rings is 1. The molecule has 162 valence electrons. The van der Waals surface area contributed by atoms with E-state index in [4.69, 9.17) is 0 Å². The number of nitro groups is 1. The van der Waals surface area contributed by atoms with Crippen LogP contribution in [0.4, 0.5) is 24.5 Å². The number of para-hydroxylation sites is 2. The molecule has 2 heterocycles. The molecule has 0 spiro atoms. The number of hydrogen-bond donors (Lipinski definition) is 1. The summed E-state index contributed by atoms with van der Waals surface area (Å²) in [5, 5.41) is 19.0. The Balaban J connectivity index is 1.64. The van der Waals surface area contributed by atoms with Crippen molar-refractivity contribution in [3.05, 3.63) is 93.5 Å². The van der Waals surface area contributed by atoms with Gasteiger partial charge in [0.2, 0.25) is 0 Å². The van der Waals surface area contributed by atoms with Gasteiger partial charge in [-0.05, 0) is 47.8 Å². The average Bonchev–Trinajstić information content (AvgIpc) is 3.43. The third-order valence-electron chi connectivity index (χ3n) is 4.50. The molecule has 0 aliphatic rings. The minimum absolute atomic E-state index is 0.0356. The van der Waals surface area contributed by atoms with E-state index in [1.165, 1.54) is 58.5 Å². The van der Waals surface area contributed by atoms with Crippen LogP contribution >= 0.6 is 11.3 Å². The summed E-state index contributed by atoms with van der Waals surface area (Å²) in [5.41, 5.74) is -0.481. The predicted octanol–water partition coefficient (Wildman–Crippen LogP) is 5.78. The number of carbonyl (C=O) groups is 1. The molecule has 32 heavy (non-hydrogen) atoms. The molecular formula is C21H13F3N4O3S. The maximum Gasteiger partial charge on any atom is 0.435 e. The first-order chi connectivity index (χ1) is 15.2. The van der Waals surface area contributed by atoms with E-state index in [0.717, 1.165) is 6.07 Å². The number of amides is 1. The molecule has 0 atom stereocenters. The van der Waals surface area contributed by atoms with E-state index in [2.05, 4.69) is 10.4 Å². The zero-order chi connectivity index (χ0) is 22.9. The van der Waals surface area contributed by atoms with Crippen molar-refractivity contribution in [1.29, 1.82) is 0 Å². The summed E-state index contributed by atoms with van der Waals surface area (Å²) in [4.78, 5) is 23.6. The van der Waals surface area contributed by atoms with Crippen molar-refractivity contribution in [2.45, 2.75) is 6.18 Å². The second-order valence-corrected chi connectivity index (χ2v) is 7.52. The van der Waals surface area contributed by atoms with Crippen LogP contribution in [0.2, 0.25) is 0 Å². The van der Waals surface area contributed by atoms with Crippen LogP contribution in [0.25, 0.3) is 16.3 Å². The van der Waals surface area contributed by atoms with Crippen LogP contribution in [-0.2, 0) is 6.18 Å². The summed E-state index contributed by atoms with van der Waals surface area (Å²) in [6.07, 6.45) is -4.61. The summed E-state index contributed by atoms with van der Waals surface area (Å²) in [5.74, 6) is -0.597. The number of anilines is 1. The lowest BCUT2D eigenvalue weighted by Crippen LogP contribution is -2.13. The number of nitrogens with one attached hydrogen (secondary N) is 1. The van der Waals surface area contributed by atoms with Crippen LogP contribution in [0.15, 0.2) is 72.1 Å². The quantitative estimate of drug-likeness (QED) is 0.303. The Kier molecular flexibility index (Phi) is 5.49. The number of benzene rings is 2. The molecule has 4 aromatic rings. The van der Waals surface area contributed by atoms with E-state index in [-0.39, 0.29) is 22.6 Å². The van der Waals surface area contributed by atoms with Crippen LogP contribution in [0.3, 0.4) is 0 Å². The van der Waals surface area contributed by atoms with E-state index in [1.807, 2.05) is 0 Å². The number of carbonyl (C=O) groups excluding carboxylic acids is 1. The molecule has 0 fully saturated rings. The summed E-state index contributed by atoms with van der Waals surface area (Å²) >= 11 is 1.27. The highest BCUT2D eigenvalue weighted by atomic mass is 32.1. The zero-order valence-electron chi connectivity index (χ0n) is 16.0. The Hall–Kier alpha value is -3.99. The largest absolute Gasteiger partial charge is 0.435 e. The molecule has 0 saturated heterocycles. The summed E-state index contributed by atoms with van der Waals surface area (Å²) in [7, 11) is 0. The standard InChI is InChI=1S/C21H13F3N4O3S/c22-21(23,24)19-12-17(18-6-3-11-32-18)27(26-19)14-9-7-13(8-10-14)20(29)25-15-4-1-2-5-16(15)28(30)31/h1-12H,(H,25,29). The van der Waals surface area contributed by atoms with Gasteiger partial charge in [-0.25, -0.2) is 4.68 Å². The Labute approximate surface area is 182 Å². The highest BCUT2D eigenvalue weighted by Crippen LogP contribution is 2.34. The summed E-state index contributed by atoms with van der Waals surface area (Å²) < 4.78 is 40.9. The van der Waals surface area contributed by atoms with E-state index < -0.39 is 22.7 Å². The minimum atomic E-state index is -4.61. The number of halogens is 3. The monoisotopic (exact) mass is 458 g/mol. The molecule has 0 saturated carbocycles. The molecule has 0 bridgehead atoms. The van der Waals surface area contributed by atoms with Gasteiger partial charge in [-0.3, -0.25) is 14.9 Å². The van der Waals surface area contributed by atoms with Gasteiger partial charge in [-0.2, -0.15) is 18.3 Å². The Bertz CT molecular complexity index is 1280. The van der Waals surface area contributed by atoms with Crippen molar-refractivity contribution in [1.82, 2.24) is 9.78 Å². The fourth-order valence-corrected chi connectivity index (χ4v) is 3.73. The fraction of sp³-hybridized carbons (Fsp3) is 0.0476. The summed E-state index contributed by atoms with van der Waals surface area (Å²) in [6, 6.07) is 15.8. The Morgan fingerprint density at radius 3 is 2.41 bits per heavy atom. The van der Waals surface area contributed by atoms with E-state index in [1.54, 1.807) is 23.6 Å². The maximum absolute atomic E-state index is 13.2. The summed E-state index contributed by atoms with van der Waals surface area (Å²) in [6.45, 7) is 0. The molecule has 2 aromatic heterocycles. The number of nitro benzene ring substituents is 1. The smallest absolute Gasteiger partial charge is 0.316 e. The van der Waals surface area contributed by atoms with Crippen LogP contribution in [-0.4, -0.2) is 20.6 Å². The number of alkyl halides is 3. The second kappa shape index (κ2) is 8.27. The molecule has 0 aliphatic heterocycles. The SMILES string of the molecule is O=C(Nc1ccccc1[N+](=O)[O-])c1ccc(-n2nc(C(F)(F)F)cc2-c2cccs2)cc1. The van der Waals surface area contributed by atoms with Crippen molar-refractivity contribution in [2.75, 3.05) is 5.32 Å². The first-order valence-electron chi connectivity index (χ1n) is 9.10. The van der Waals surface area contributed by atoms with E-state index in [0.29, 0.717) is 10.6 Å². The van der Waals surface area contributed by atoms with E-state index >= 15 is 0 Å². The molecule has 1 N–H and O–H groups in total. The van der Waals surface area contributed by atoms with Gasteiger partial charge >= 0.3 is 6.18 Å². The van der Waals surface area contributed by atoms with Gasteiger partial charge in [0.25, 0.3) is 11.6 Å². The van der Waals surface area contributed by atoms with Gasteiger partial charge in [-0.15, -0.1) is 11.3 Å². The van der Waals surface area contributed by atoms with Crippen LogP contribution in [0.5, 0.6) is 0 Å². The number of aromatic nitrogens is 2. The maximum atomic E-state index is 13.2. The van der Waals surface area contributed by atoms with Crippen molar-refractivity contribution >= 4 is 28.6 Å². The van der Waals surface area contributed by atoms with Crippen LogP contribution < -0.4 is 5.32 Å². The van der Waals surface area contributed by atoms with Gasteiger partial charge in [0.15, 0.2) is 5.69 Å². The molecule has 4 rings (SSSR count). The van der Waals surface area contributed by atoms with Gasteiger partial charge < -0.3 is 5.32 Å². The molecule has 0 unspecified atom stereocenters. The number of hydrogen-bond acceptors (Lipinski definition) is 5. The van der Waals surface area contributed by atoms with Gasteiger partial charge in [-0.1, -0.05) is 18.2 Å². The Morgan fingerprint density at radius 2 is 1.78 bits per heavy atom. The average molecular weight is 458 g/mol. The molecule has 1 amide bonds. The molecule has 11 heteroatoms. The normalized spacial score (nSPS) is 11.3. The Morgan fingerprint density at radius 1 is 1.06 bits per heavy atom. The van der Waals surface area contributed by atoms with Crippen molar-refractivity contribution in [3.63, 3.8) is 0 Å². The first kappa shape index (κ1) is 21.2. The lowest BCUT2D eigenvalue weighted by molar-refractivity contribution is -0.383. The number of nitrogens with zero attached hydrogens (tertiary/aromatic N) is 3. The molecular weight excluding hydrogens is 445 g/mol. The topological polar surface area (TPSA) is 90.1 Å². The predicted molar refractivity (Wildman–Crippen MR) is 113 cm³/mol. The second-order valence-electron chi connectivity index (χ2n) is 6.58. The van der Waals surface area contributed by atoms with Gasteiger partial charge in [0.1, 0.15) is 5.69 Å². The highest BCUT2D eigenvalue weighted by molar-refractivity contribution is 7.13. The van der Waals surface area contributed by atoms with Crippen molar-refractivity contribution in [3.8, 4) is 16.3 Å². The van der Waals surface area contributed by atoms with Crippen molar-refractivity contribution < 1.29 is 22.9 Å². The zero-order valence-corrected chi connectivity index (χ0v) is 16.9. The fourth-order valence-electron chi connectivity index (χ4n) is 3.00. The highest BCUT2D eigenvalue weighted by Gasteiger charge is 2.35. The molecule has 0 aliphatic carbocycles. The van der Waals surface area contributed by atoms with Gasteiger partial charge in [0.05, 0.1) is 21.2 Å².